The topological polar surface area (TPSA) is 68.0 Å². The number of halogens is 1. The van der Waals surface area contributed by atoms with Crippen LogP contribution in [-0.2, 0) is 0 Å². The Bertz CT molecular complexity index is 876. The Hall–Kier alpha value is -2.37. The standard InChI is InChI=1S/C17H14ClN3OS/c1-10-5-4-8-15(20-10)21-17-12(16(19)22)9-14(23-17)11-6-2-3-7-13(11)18/h2-9H,1H3,(H2,19,22)(H,20,21). The highest BCUT2D eigenvalue weighted by molar-refractivity contribution is 7.20. The molecule has 0 aliphatic heterocycles. The van der Waals surface area contributed by atoms with Crippen LogP contribution in [0.2, 0.25) is 5.02 Å². The quantitative estimate of drug-likeness (QED) is 0.726. The summed E-state index contributed by atoms with van der Waals surface area (Å²) in [7, 11) is 0. The van der Waals surface area contributed by atoms with Crippen molar-refractivity contribution in [2.24, 2.45) is 5.73 Å². The van der Waals surface area contributed by atoms with Crippen LogP contribution >= 0.6 is 22.9 Å². The molecule has 3 N–H and O–H groups in total. The van der Waals surface area contributed by atoms with Gasteiger partial charge < -0.3 is 11.1 Å². The van der Waals surface area contributed by atoms with Gasteiger partial charge in [-0.1, -0.05) is 35.9 Å². The van der Waals surface area contributed by atoms with Crippen LogP contribution in [0.5, 0.6) is 0 Å². The molecule has 0 unspecified atom stereocenters. The molecule has 23 heavy (non-hydrogen) atoms. The number of carbonyl (C=O) groups excluding carboxylic acids is 1. The molecule has 3 aromatic rings. The SMILES string of the molecule is Cc1cccc(Nc2sc(-c3ccccc3Cl)cc2C(N)=O)n1. The molecule has 1 amide bonds. The second-order valence-electron chi connectivity index (χ2n) is 4.99. The lowest BCUT2D eigenvalue weighted by molar-refractivity contribution is 0.100. The van der Waals surface area contributed by atoms with E-state index in [1.54, 1.807) is 6.07 Å². The predicted molar refractivity (Wildman–Crippen MR) is 95.5 cm³/mol. The minimum absolute atomic E-state index is 0.424. The first-order valence-electron chi connectivity index (χ1n) is 6.94. The van der Waals surface area contributed by atoms with E-state index in [1.807, 2.05) is 49.4 Å². The third-order valence-electron chi connectivity index (χ3n) is 3.27. The number of nitrogens with two attached hydrogens (primary N) is 1. The second kappa shape index (κ2) is 6.40. The van der Waals surface area contributed by atoms with Crippen LogP contribution in [-0.4, -0.2) is 10.9 Å². The fourth-order valence-corrected chi connectivity index (χ4v) is 3.59. The molecule has 0 atom stereocenters. The minimum atomic E-state index is -0.491. The number of anilines is 2. The van der Waals surface area contributed by atoms with E-state index in [2.05, 4.69) is 10.3 Å². The van der Waals surface area contributed by atoms with Crippen LogP contribution in [0.4, 0.5) is 10.8 Å². The van der Waals surface area contributed by atoms with E-state index in [4.69, 9.17) is 17.3 Å². The summed E-state index contributed by atoms with van der Waals surface area (Å²) < 4.78 is 0. The molecule has 0 spiro atoms. The molecule has 0 bridgehead atoms. The molecule has 2 heterocycles. The fourth-order valence-electron chi connectivity index (χ4n) is 2.19. The number of rotatable bonds is 4. The van der Waals surface area contributed by atoms with Crippen molar-refractivity contribution in [1.29, 1.82) is 0 Å². The van der Waals surface area contributed by atoms with E-state index in [9.17, 15) is 4.79 Å². The third kappa shape index (κ3) is 3.36. The van der Waals surface area contributed by atoms with Crippen LogP contribution in [0.1, 0.15) is 16.1 Å². The largest absolute Gasteiger partial charge is 0.366 e. The van der Waals surface area contributed by atoms with Gasteiger partial charge in [0.15, 0.2) is 0 Å². The van der Waals surface area contributed by atoms with Crippen molar-refractivity contribution in [2.75, 3.05) is 5.32 Å². The first-order chi connectivity index (χ1) is 11.0. The van der Waals surface area contributed by atoms with E-state index >= 15 is 0 Å². The Morgan fingerprint density at radius 1 is 1.22 bits per heavy atom. The Balaban J connectivity index is 2.03. The number of benzene rings is 1. The summed E-state index contributed by atoms with van der Waals surface area (Å²) in [5.74, 6) is 0.176. The van der Waals surface area contributed by atoms with E-state index in [0.717, 1.165) is 16.1 Å². The normalized spacial score (nSPS) is 10.5. The van der Waals surface area contributed by atoms with Gasteiger partial charge in [-0.3, -0.25) is 4.79 Å². The van der Waals surface area contributed by atoms with Gasteiger partial charge in [-0.05, 0) is 31.2 Å². The molecule has 0 radical (unpaired) electrons. The van der Waals surface area contributed by atoms with Gasteiger partial charge in [-0.25, -0.2) is 4.98 Å². The maximum absolute atomic E-state index is 11.7. The van der Waals surface area contributed by atoms with Crippen LogP contribution in [0.15, 0.2) is 48.5 Å². The number of pyridine rings is 1. The smallest absolute Gasteiger partial charge is 0.251 e. The summed E-state index contributed by atoms with van der Waals surface area (Å²) >= 11 is 7.66. The average Bonchev–Trinajstić information content (AvgIpc) is 2.91. The Kier molecular flexibility index (Phi) is 4.32. The van der Waals surface area contributed by atoms with E-state index < -0.39 is 5.91 Å². The summed E-state index contributed by atoms with van der Waals surface area (Å²) in [5, 5.41) is 4.46. The lowest BCUT2D eigenvalue weighted by atomic mass is 10.1. The second-order valence-corrected chi connectivity index (χ2v) is 6.45. The third-order valence-corrected chi connectivity index (χ3v) is 4.68. The van der Waals surface area contributed by atoms with Crippen LogP contribution in [0.25, 0.3) is 10.4 Å². The Labute approximate surface area is 142 Å². The lowest BCUT2D eigenvalue weighted by Gasteiger charge is -2.05. The Morgan fingerprint density at radius 2 is 2.00 bits per heavy atom. The summed E-state index contributed by atoms with van der Waals surface area (Å²) in [5.41, 5.74) is 7.68. The summed E-state index contributed by atoms with van der Waals surface area (Å²) in [6.07, 6.45) is 0. The molecular weight excluding hydrogens is 330 g/mol. The number of aryl methyl sites for hydroxylation is 1. The first-order valence-corrected chi connectivity index (χ1v) is 8.13. The van der Waals surface area contributed by atoms with Gasteiger partial charge in [0.25, 0.3) is 5.91 Å². The molecule has 1 aromatic carbocycles. The van der Waals surface area contributed by atoms with Gasteiger partial charge in [0.2, 0.25) is 0 Å². The predicted octanol–water partition coefficient (Wildman–Crippen LogP) is 4.61. The van der Waals surface area contributed by atoms with Gasteiger partial charge in [-0.15, -0.1) is 11.3 Å². The van der Waals surface area contributed by atoms with Crippen molar-refractivity contribution < 1.29 is 4.79 Å². The number of primary amides is 1. The molecule has 116 valence electrons. The molecule has 0 fully saturated rings. The average molecular weight is 344 g/mol. The number of aromatic nitrogens is 1. The van der Waals surface area contributed by atoms with Crippen molar-refractivity contribution in [2.45, 2.75) is 6.92 Å². The van der Waals surface area contributed by atoms with Crippen LogP contribution in [0.3, 0.4) is 0 Å². The number of thiophene rings is 1. The summed E-state index contributed by atoms with van der Waals surface area (Å²) in [6.45, 7) is 1.91. The van der Waals surface area contributed by atoms with Gasteiger partial charge in [0, 0.05) is 21.2 Å². The first kappa shape index (κ1) is 15.5. The molecule has 3 rings (SSSR count). The van der Waals surface area contributed by atoms with Gasteiger partial charge >= 0.3 is 0 Å². The highest BCUT2D eigenvalue weighted by Gasteiger charge is 2.16. The van der Waals surface area contributed by atoms with Gasteiger partial charge in [-0.2, -0.15) is 0 Å². The molecule has 0 aliphatic rings. The van der Waals surface area contributed by atoms with Crippen molar-refractivity contribution in [3.63, 3.8) is 0 Å². The van der Waals surface area contributed by atoms with Gasteiger partial charge in [0.1, 0.15) is 10.8 Å². The summed E-state index contributed by atoms with van der Waals surface area (Å²) in [4.78, 5) is 17.0. The number of amides is 1. The number of nitrogens with one attached hydrogen (secondary N) is 1. The number of carbonyl (C=O) groups is 1. The molecular formula is C17H14ClN3OS. The van der Waals surface area contributed by atoms with E-state index in [0.29, 0.717) is 21.4 Å². The molecule has 6 heteroatoms. The monoisotopic (exact) mass is 343 g/mol. The maximum atomic E-state index is 11.7. The highest BCUT2D eigenvalue weighted by Crippen LogP contribution is 2.39. The van der Waals surface area contributed by atoms with E-state index in [1.165, 1.54) is 11.3 Å². The zero-order valence-electron chi connectivity index (χ0n) is 12.3. The van der Waals surface area contributed by atoms with E-state index in [-0.39, 0.29) is 0 Å². The number of nitrogens with zero attached hydrogens (tertiary/aromatic N) is 1. The molecule has 2 aromatic heterocycles. The Morgan fingerprint density at radius 3 is 2.70 bits per heavy atom. The lowest BCUT2D eigenvalue weighted by Crippen LogP contribution is -2.11. The molecule has 0 aliphatic carbocycles. The van der Waals surface area contributed by atoms with Crippen LogP contribution in [0, 0.1) is 6.92 Å². The van der Waals surface area contributed by atoms with Gasteiger partial charge in [0.05, 0.1) is 5.56 Å². The fraction of sp³-hybridized carbons (Fsp3) is 0.0588. The molecule has 4 nitrogen and oxygen atoms in total. The zero-order chi connectivity index (χ0) is 16.4. The van der Waals surface area contributed by atoms with Crippen molar-refractivity contribution in [3.05, 3.63) is 64.8 Å². The van der Waals surface area contributed by atoms with Crippen molar-refractivity contribution >= 4 is 39.7 Å². The molecule has 0 saturated heterocycles. The van der Waals surface area contributed by atoms with Crippen LogP contribution < -0.4 is 11.1 Å². The van der Waals surface area contributed by atoms with Crippen molar-refractivity contribution in [1.82, 2.24) is 4.98 Å². The zero-order valence-corrected chi connectivity index (χ0v) is 13.9. The highest BCUT2D eigenvalue weighted by atomic mass is 35.5. The number of hydrogen-bond donors (Lipinski definition) is 2. The summed E-state index contributed by atoms with van der Waals surface area (Å²) in [6, 6.07) is 14.9. The minimum Gasteiger partial charge on any atom is -0.366 e. The molecule has 0 saturated carbocycles. The van der Waals surface area contributed by atoms with Crippen molar-refractivity contribution in [3.8, 4) is 10.4 Å². The maximum Gasteiger partial charge on any atom is 0.251 e. The number of hydrogen-bond acceptors (Lipinski definition) is 4.